The van der Waals surface area contributed by atoms with E-state index in [4.69, 9.17) is 4.52 Å². The first-order valence-corrected chi connectivity index (χ1v) is 9.26. The quantitative estimate of drug-likeness (QED) is 0.212. The third kappa shape index (κ3) is 7.45. The summed E-state index contributed by atoms with van der Waals surface area (Å²) in [5, 5.41) is 13.3. The lowest BCUT2D eigenvalue weighted by Gasteiger charge is -2.11. The minimum absolute atomic E-state index is 0. The van der Waals surface area contributed by atoms with Crippen molar-refractivity contribution in [3.8, 4) is 0 Å². The van der Waals surface area contributed by atoms with Gasteiger partial charge in [0.2, 0.25) is 0 Å². The molecule has 0 aliphatic heterocycles. The zero-order valence-electron chi connectivity index (χ0n) is 16.6. The van der Waals surface area contributed by atoms with Gasteiger partial charge in [-0.25, -0.2) is 0 Å². The van der Waals surface area contributed by atoms with Crippen LogP contribution in [0.15, 0.2) is 40.1 Å². The van der Waals surface area contributed by atoms with Gasteiger partial charge in [0, 0.05) is 44.5 Å². The summed E-state index contributed by atoms with van der Waals surface area (Å²) < 4.78 is 5.39. The summed E-state index contributed by atoms with van der Waals surface area (Å²) >= 11 is 0. The molecule has 0 unspecified atom stereocenters. The van der Waals surface area contributed by atoms with Crippen molar-refractivity contribution in [2.45, 2.75) is 39.2 Å². The van der Waals surface area contributed by atoms with Crippen LogP contribution >= 0.6 is 24.0 Å². The SMILES string of the molecule is CCC(CC)c1cc(CNC(=NC)NCCNC(=O)c2cccnc2)on1.I. The Morgan fingerprint density at radius 2 is 1.96 bits per heavy atom. The smallest absolute Gasteiger partial charge is 0.252 e. The third-order valence-electron chi connectivity index (χ3n) is 4.26. The minimum Gasteiger partial charge on any atom is -0.359 e. The van der Waals surface area contributed by atoms with Crippen molar-refractivity contribution < 1.29 is 9.32 Å². The molecule has 0 aromatic carbocycles. The minimum atomic E-state index is -0.150. The predicted molar refractivity (Wildman–Crippen MR) is 120 cm³/mol. The molecule has 154 valence electrons. The van der Waals surface area contributed by atoms with Crippen molar-refractivity contribution in [2.75, 3.05) is 20.1 Å². The second kappa shape index (κ2) is 13.1. The Morgan fingerprint density at radius 3 is 2.61 bits per heavy atom. The second-order valence-electron chi connectivity index (χ2n) is 6.08. The molecule has 0 spiro atoms. The molecule has 0 aliphatic carbocycles. The highest BCUT2D eigenvalue weighted by Crippen LogP contribution is 2.22. The first-order chi connectivity index (χ1) is 13.2. The van der Waals surface area contributed by atoms with Crippen LogP contribution in [0.4, 0.5) is 0 Å². The molecule has 2 heterocycles. The number of halogens is 1. The lowest BCUT2D eigenvalue weighted by Crippen LogP contribution is -2.41. The molecule has 28 heavy (non-hydrogen) atoms. The Hall–Kier alpha value is -2.17. The van der Waals surface area contributed by atoms with Crippen LogP contribution < -0.4 is 16.0 Å². The Bertz CT molecular complexity index is 731. The molecule has 0 saturated carbocycles. The van der Waals surface area contributed by atoms with Gasteiger partial charge in [-0.15, -0.1) is 24.0 Å². The molecule has 3 N–H and O–H groups in total. The van der Waals surface area contributed by atoms with Crippen molar-refractivity contribution in [3.63, 3.8) is 0 Å². The molecule has 2 rings (SSSR count). The molecule has 0 fully saturated rings. The second-order valence-corrected chi connectivity index (χ2v) is 6.08. The van der Waals surface area contributed by atoms with Gasteiger partial charge in [-0.2, -0.15) is 0 Å². The van der Waals surface area contributed by atoms with E-state index in [1.807, 2.05) is 6.07 Å². The first-order valence-electron chi connectivity index (χ1n) is 9.26. The molecule has 0 bridgehead atoms. The van der Waals surface area contributed by atoms with Gasteiger partial charge < -0.3 is 20.5 Å². The van der Waals surface area contributed by atoms with Gasteiger partial charge in [0.25, 0.3) is 5.91 Å². The van der Waals surface area contributed by atoms with Crippen LogP contribution in [0.3, 0.4) is 0 Å². The molecule has 0 saturated heterocycles. The monoisotopic (exact) mass is 500 g/mol. The molecule has 0 atom stereocenters. The first kappa shape index (κ1) is 23.9. The van der Waals surface area contributed by atoms with Crippen molar-refractivity contribution in [3.05, 3.63) is 47.6 Å². The molecule has 0 aliphatic rings. The number of nitrogens with zero attached hydrogens (tertiary/aromatic N) is 3. The largest absolute Gasteiger partial charge is 0.359 e. The number of carbonyl (C=O) groups excluding carboxylic acids is 1. The molecule has 9 heteroatoms. The zero-order valence-corrected chi connectivity index (χ0v) is 18.9. The number of amides is 1. The number of hydrogen-bond donors (Lipinski definition) is 3. The molecule has 2 aromatic heterocycles. The van der Waals surface area contributed by atoms with E-state index in [1.165, 1.54) is 6.20 Å². The molecule has 8 nitrogen and oxygen atoms in total. The van der Waals surface area contributed by atoms with E-state index in [9.17, 15) is 4.79 Å². The van der Waals surface area contributed by atoms with Crippen molar-refractivity contribution in [1.29, 1.82) is 0 Å². The van der Waals surface area contributed by atoms with Crippen LogP contribution in [-0.4, -0.2) is 42.1 Å². The highest BCUT2D eigenvalue weighted by molar-refractivity contribution is 14.0. The number of rotatable bonds is 9. The van der Waals surface area contributed by atoms with Crippen molar-refractivity contribution in [1.82, 2.24) is 26.1 Å². The molecule has 1 amide bonds. The lowest BCUT2D eigenvalue weighted by atomic mass is 9.99. The summed E-state index contributed by atoms with van der Waals surface area (Å²) in [5.41, 5.74) is 1.54. The van der Waals surface area contributed by atoms with Gasteiger partial charge >= 0.3 is 0 Å². The van der Waals surface area contributed by atoms with E-state index in [0.717, 1.165) is 24.3 Å². The van der Waals surface area contributed by atoms with Gasteiger partial charge in [-0.05, 0) is 25.0 Å². The van der Waals surface area contributed by atoms with E-state index >= 15 is 0 Å². The maximum absolute atomic E-state index is 11.9. The van der Waals surface area contributed by atoms with E-state index in [0.29, 0.717) is 37.1 Å². The van der Waals surface area contributed by atoms with E-state index < -0.39 is 0 Å². The van der Waals surface area contributed by atoms with Crippen LogP contribution in [-0.2, 0) is 6.54 Å². The Labute approximate surface area is 183 Å². The molecular formula is C19H29IN6O2. The maximum atomic E-state index is 11.9. The van der Waals surface area contributed by atoms with E-state index in [-0.39, 0.29) is 29.9 Å². The fourth-order valence-electron chi connectivity index (χ4n) is 2.66. The lowest BCUT2D eigenvalue weighted by molar-refractivity contribution is 0.0954. The maximum Gasteiger partial charge on any atom is 0.252 e. The number of guanidine groups is 1. The van der Waals surface area contributed by atoms with Crippen LogP contribution in [0.25, 0.3) is 0 Å². The summed E-state index contributed by atoms with van der Waals surface area (Å²) in [6, 6.07) is 5.45. The van der Waals surface area contributed by atoms with Gasteiger partial charge in [0.1, 0.15) is 0 Å². The number of pyridine rings is 1. The number of nitrogens with one attached hydrogen (secondary N) is 3. The summed E-state index contributed by atoms with van der Waals surface area (Å²) in [6.07, 6.45) is 5.26. The van der Waals surface area contributed by atoms with E-state index in [2.05, 4.69) is 44.9 Å². The van der Waals surface area contributed by atoms with Crippen LogP contribution in [0.5, 0.6) is 0 Å². The molecule has 2 aromatic rings. The number of aliphatic imine (C=N–C) groups is 1. The Morgan fingerprint density at radius 1 is 1.21 bits per heavy atom. The summed E-state index contributed by atoms with van der Waals surface area (Å²) in [4.78, 5) is 20.0. The number of aromatic nitrogens is 2. The fourth-order valence-corrected chi connectivity index (χ4v) is 2.66. The van der Waals surface area contributed by atoms with Gasteiger partial charge in [-0.3, -0.25) is 14.8 Å². The Kier molecular flexibility index (Phi) is 11.2. The number of carbonyl (C=O) groups is 1. The van der Waals surface area contributed by atoms with Crippen molar-refractivity contribution in [2.24, 2.45) is 4.99 Å². The van der Waals surface area contributed by atoms with Crippen LogP contribution in [0, 0.1) is 0 Å². The third-order valence-corrected chi connectivity index (χ3v) is 4.26. The highest BCUT2D eigenvalue weighted by atomic mass is 127. The normalized spacial score (nSPS) is 11.1. The molecular weight excluding hydrogens is 471 g/mol. The van der Waals surface area contributed by atoms with Gasteiger partial charge in [0.15, 0.2) is 11.7 Å². The summed E-state index contributed by atoms with van der Waals surface area (Å²) in [6.45, 7) is 5.81. The van der Waals surface area contributed by atoms with Crippen molar-refractivity contribution >= 4 is 35.8 Å². The van der Waals surface area contributed by atoms with Gasteiger partial charge in [-0.1, -0.05) is 19.0 Å². The fraction of sp³-hybridized carbons (Fsp3) is 0.474. The van der Waals surface area contributed by atoms with Gasteiger partial charge in [0.05, 0.1) is 17.8 Å². The van der Waals surface area contributed by atoms with Crippen LogP contribution in [0.2, 0.25) is 0 Å². The average Bonchev–Trinajstić information content (AvgIpc) is 3.17. The number of hydrogen-bond acceptors (Lipinski definition) is 5. The summed E-state index contributed by atoms with van der Waals surface area (Å²) in [7, 11) is 1.69. The summed E-state index contributed by atoms with van der Waals surface area (Å²) in [5.74, 6) is 1.68. The highest BCUT2D eigenvalue weighted by Gasteiger charge is 2.13. The van der Waals surface area contributed by atoms with Crippen LogP contribution in [0.1, 0.15) is 54.4 Å². The molecule has 0 radical (unpaired) electrons. The van der Waals surface area contributed by atoms with E-state index in [1.54, 1.807) is 25.4 Å². The standard InChI is InChI=1S/C19H28N6O2.HI/c1-4-14(5-2)17-11-16(27-25-17)13-24-19(20-3)23-10-9-22-18(26)15-7-6-8-21-12-15;/h6-8,11-12,14H,4-5,9-10,13H2,1-3H3,(H,22,26)(H2,20,23,24);1H. The topological polar surface area (TPSA) is 104 Å². The predicted octanol–water partition coefficient (Wildman–Crippen LogP) is 2.69. The zero-order chi connectivity index (χ0) is 19.5. The average molecular weight is 500 g/mol. The Balaban J connectivity index is 0.00000392.